The number of fused-ring (bicyclic) bond motifs is 5. The molecule has 0 atom stereocenters. The van der Waals surface area contributed by atoms with E-state index >= 15 is 0 Å². The largest absolute Gasteiger partial charge is 0.393 e. The molecule has 11 heteroatoms. The van der Waals surface area contributed by atoms with E-state index in [4.69, 9.17) is 0 Å². The van der Waals surface area contributed by atoms with Crippen molar-refractivity contribution in [2.45, 2.75) is 95.6 Å². The number of alkyl halides is 3. The van der Waals surface area contributed by atoms with Crippen LogP contribution in [0, 0.1) is 23.7 Å². The molecule has 4 aliphatic rings. The van der Waals surface area contributed by atoms with Gasteiger partial charge in [0.25, 0.3) is 0 Å². The van der Waals surface area contributed by atoms with E-state index in [1.807, 2.05) is 0 Å². The third-order valence-electron chi connectivity index (χ3n) is 11.1. The summed E-state index contributed by atoms with van der Waals surface area (Å²) in [4.78, 5) is 11.9. The molecule has 8 rings (SSSR count). The van der Waals surface area contributed by atoms with Gasteiger partial charge in [-0.2, -0.15) is 18.4 Å². The predicted molar refractivity (Wildman–Crippen MR) is 172 cm³/mol. The molecule has 1 aliphatic heterocycles. The van der Waals surface area contributed by atoms with Gasteiger partial charge in [-0.3, -0.25) is 4.90 Å². The van der Waals surface area contributed by atoms with Gasteiger partial charge in [0.1, 0.15) is 28.7 Å². The normalized spacial score (nSPS) is 24.4. The van der Waals surface area contributed by atoms with Crippen LogP contribution >= 0.6 is 11.3 Å². The second-order valence-corrected chi connectivity index (χ2v) is 14.8. The highest BCUT2D eigenvalue weighted by molar-refractivity contribution is 7.18. The Bertz CT molecular complexity index is 1730. The average molecular weight is 636 g/mol. The molecule has 0 amide bonds. The van der Waals surface area contributed by atoms with Crippen LogP contribution in [0.25, 0.3) is 21.1 Å². The van der Waals surface area contributed by atoms with E-state index in [0.717, 1.165) is 56.1 Å². The lowest BCUT2D eigenvalue weighted by molar-refractivity contribution is -0.126. The molecule has 0 spiro atoms. The zero-order valence-corrected chi connectivity index (χ0v) is 26.8. The van der Waals surface area contributed by atoms with Gasteiger partial charge < -0.3 is 15.2 Å². The van der Waals surface area contributed by atoms with Gasteiger partial charge in [0, 0.05) is 53.5 Å². The second-order valence-electron chi connectivity index (χ2n) is 13.7. The highest BCUT2D eigenvalue weighted by atomic mass is 32.1. The number of thiophene rings is 1. The van der Waals surface area contributed by atoms with Crippen molar-refractivity contribution >= 4 is 38.3 Å². The summed E-state index contributed by atoms with van der Waals surface area (Å²) in [6.07, 6.45) is 5.38. The predicted octanol–water partition coefficient (Wildman–Crippen LogP) is 7.32. The third-order valence-corrected chi connectivity index (χ3v) is 12.1. The number of hydrogen-bond acceptors (Lipinski definition) is 7. The monoisotopic (exact) mass is 635 g/mol. The van der Waals surface area contributed by atoms with Gasteiger partial charge in [-0.25, -0.2) is 9.97 Å². The molecule has 3 saturated carbocycles. The van der Waals surface area contributed by atoms with Crippen molar-refractivity contribution in [3.8, 4) is 6.07 Å². The quantitative estimate of drug-likeness (QED) is 0.211. The first-order chi connectivity index (χ1) is 21.6. The Morgan fingerprint density at radius 3 is 2.44 bits per heavy atom. The van der Waals surface area contributed by atoms with E-state index < -0.39 is 12.6 Å². The van der Waals surface area contributed by atoms with Gasteiger partial charge in [0.15, 0.2) is 0 Å². The average Bonchev–Trinajstić information content (AvgIpc) is 3.60. The van der Waals surface area contributed by atoms with Gasteiger partial charge in [-0.15, -0.1) is 11.3 Å². The fourth-order valence-electron chi connectivity index (χ4n) is 8.14. The standard InChI is InChI=1S/C34H40F3N7S/c1-22-23(3-4-29-27(22)15-25(18-38)44(29)20-32-7-10-33(39-2,11-8-32)12-9-32)19-43-13-5-24(6-14-43)42-30-28-16-26(17-34(35,36)37)45-31(28)41-21-40-30/h3-4,15-16,21,24,39H,5-14,17,19-20H2,1-2H3,(H,40,41,42). The fourth-order valence-corrected chi connectivity index (χ4v) is 9.17. The summed E-state index contributed by atoms with van der Waals surface area (Å²) in [5, 5.41) is 19.0. The number of benzene rings is 1. The van der Waals surface area contributed by atoms with Crippen molar-refractivity contribution in [1.29, 1.82) is 5.26 Å². The van der Waals surface area contributed by atoms with Gasteiger partial charge in [0.2, 0.25) is 0 Å². The van der Waals surface area contributed by atoms with Crippen molar-refractivity contribution in [3.63, 3.8) is 0 Å². The van der Waals surface area contributed by atoms with E-state index in [1.54, 1.807) is 6.07 Å². The maximum atomic E-state index is 12.9. The number of piperidine rings is 1. The number of anilines is 1. The summed E-state index contributed by atoms with van der Waals surface area (Å²) in [5.41, 5.74) is 5.08. The molecule has 45 heavy (non-hydrogen) atoms. The first-order valence-electron chi connectivity index (χ1n) is 16.1. The minimum Gasteiger partial charge on any atom is -0.367 e. The van der Waals surface area contributed by atoms with Crippen LogP contribution in [-0.2, 0) is 19.5 Å². The van der Waals surface area contributed by atoms with Crippen LogP contribution in [0.3, 0.4) is 0 Å². The first-order valence-corrected chi connectivity index (χ1v) is 16.9. The van der Waals surface area contributed by atoms with E-state index in [2.05, 4.69) is 68.3 Å². The van der Waals surface area contributed by atoms with E-state index in [0.29, 0.717) is 21.6 Å². The van der Waals surface area contributed by atoms with Crippen molar-refractivity contribution in [1.82, 2.24) is 24.8 Å². The summed E-state index contributed by atoms with van der Waals surface area (Å²) in [5.74, 6) is 0.615. The van der Waals surface area contributed by atoms with Gasteiger partial charge in [-0.1, -0.05) is 6.07 Å². The van der Waals surface area contributed by atoms with Crippen LogP contribution in [-0.4, -0.2) is 57.3 Å². The second kappa shape index (κ2) is 11.6. The summed E-state index contributed by atoms with van der Waals surface area (Å²) >= 11 is 1.08. The lowest BCUT2D eigenvalue weighted by atomic mass is 9.57. The molecule has 2 bridgehead atoms. The molecule has 4 aromatic rings. The fraction of sp³-hybridized carbons (Fsp3) is 0.559. The van der Waals surface area contributed by atoms with E-state index in [9.17, 15) is 18.4 Å². The third kappa shape index (κ3) is 5.93. The minimum absolute atomic E-state index is 0.193. The van der Waals surface area contributed by atoms with Crippen molar-refractivity contribution < 1.29 is 13.2 Å². The Balaban J connectivity index is 1.01. The number of aromatic nitrogens is 3. The lowest BCUT2D eigenvalue weighted by Gasteiger charge is -2.53. The van der Waals surface area contributed by atoms with Crippen LogP contribution in [0.15, 0.2) is 30.6 Å². The number of hydrogen-bond donors (Lipinski definition) is 2. The number of halogens is 3. The molecule has 3 aliphatic carbocycles. The van der Waals surface area contributed by atoms with Crippen LogP contribution in [0.1, 0.15) is 73.1 Å². The van der Waals surface area contributed by atoms with Gasteiger partial charge in [0.05, 0.1) is 11.8 Å². The molecular weight excluding hydrogens is 595 g/mol. The lowest BCUT2D eigenvalue weighted by Crippen LogP contribution is -2.54. The Labute approximate surface area is 265 Å². The van der Waals surface area contributed by atoms with E-state index in [1.165, 1.54) is 66.9 Å². The number of aryl methyl sites for hydroxylation is 1. The summed E-state index contributed by atoms with van der Waals surface area (Å²) in [7, 11) is 2.11. The molecule has 7 nitrogen and oxygen atoms in total. The van der Waals surface area contributed by atoms with Crippen LogP contribution in [0.2, 0.25) is 0 Å². The van der Waals surface area contributed by atoms with Gasteiger partial charge >= 0.3 is 6.18 Å². The number of nitrogens with zero attached hydrogens (tertiary/aromatic N) is 5. The zero-order chi connectivity index (χ0) is 31.4. The smallest absolute Gasteiger partial charge is 0.367 e. The number of nitrogens with one attached hydrogen (secondary N) is 2. The molecule has 4 fully saturated rings. The minimum atomic E-state index is -4.25. The highest BCUT2D eigenvalue weighted by Crippen LogP contribution is 2.53. The molecule has 3 aromatic heterocycles. The Kier molecular flexibility index (Phi) is 7.82. The summed E-state index contributed by atoms with van der Waals surface area (Å²) < 4.78 is 41.1. The first kappa shape index (κ1) is 30.5. The zero-order valence-electron chi connectivity index (χ0n) is 25.9. The van der Waals surface area contributed by atoms with Gasteiger partial charge in [-0.05, 0) is 100 Å². The summed E-state index contributed by atoms with van der Waals surface area (Å²) in [6.45, 7) is 5.78. The maximum absolute atomic E-state index is 12.9. The van der Waals surface area contributed by atoms with E-state index in [-0.39, 0.29) is 16.3 Å². The van der Waals surface area contributed by atoms with Crippen molar-refractivity contribution in [3.05, 3.63) is 52.3 Å². The molecule has 238 valence electrons. The number of rotatable bonds is 8. The molecule has 1 aromatic carbocycles. The number of nitriles is 1. The Morgan fingerprint density at radius 1 is 1.04 bits per heavy atom. The summed E-state index contributed by atoms with van der Waals surface area (Å²) in [6, 6.07) is 10.8. The molecule has 2 N–H and O–H groups in total. The molecular formula is C34H40F3N7S. The Morgan fingerprint density at radius 2 is 1.78 bits per heavy atom. The highest BCUT2D eigenvalue weighted by Gasteiger charge is 2.48. The number of likely N-dealkylation sites (tertiary alicyclic amines) is 1. The van der Waals surface area contributed by atoms with Crippen molar-refractivity contribution in [2.75, 3.05) is 25.5 Å². The maximum Gasteiger partial charge on any atom is 0.393 e. The van der Waals surface area contributed by atoms with Crippen LogP contribution in [0.4, 0.5) is 19.0 Å². The van der Waals surface area contributed by atoms with Crippen molar-refractivity contribution in [2.24, 2.45) is 5.41 Å². The molecule has 1 saturated heterocycles. The molecule has 0 unspecified atom stereocenters. The molecule has 0 radical (unpaired) electrons. The topological polar surface area (TPSA) is 81.8 Å². The molecule has 4 heterocycles. The van der Waals surface area contributed by atoms with Crippen LogP contribution in [0.5, 0.6) is 0 Å². The van der Waals surface area contributed by atoms with Crippen LogP contribution < -0.4 is 10.6 Å². The SMILES string of the molecule is CNC12CCC(Cn3c(C#N)cc4c(C)c(CN5CCC(Nc6ncnc7sc(CC(F)(F)F)cc67)CC5)ccc43)(CC1)CC2. The Hall–Kier alpha value is -3.20.